The number of fused-ring (bicyclic) bond motifs is 1. The van der Waals surface area contributed by atoms with E-state index in [9.17, 15) is 14.7 Å². The molecular formula is C16H28N2O3. The number of carboxylic acids is 1. The van der Waals surface area contributed by atoms with Crippen molar-refractivity contribution in [1.82, 2.24) is 9.80 Å². The van der Waals surface area contributed by atoms with Crippen LogP contribution >= 0.6 is 0 Å². The number of carbonyl (C=O) groups excluding carboxylic acids is 1. The van der Waals surface area contributed by atoms with Crippen LogP contribution in [0.4, 0.5) is 0 Å². The third-order valence-corrected chi connectivity index (χ3v) is 4.92. The van der Waals surface area contributed by atoms with Crippen molar-refractivity contribution < 1.29 is 14.7 Å². The zero-order chi connectivity index (χ0) is 15.4. The van der Waals surface area contributed by atoms with Crippen LogP contribution in [0.3, 0.4) is 0 Å². The average Bonchev–Trinajstić information content (AvgIpc) is 2.97. The van der Waals surface area contributed by atoms with E-state index in [0.717, 1.165) is 51.7 Å². The molecule has 1 aliphatic carbocycles. The van der Waals surface area contributed by atoms with Crippen molar-refractivity contribution in [3.63, 3.8) is 0 Å². The highest BCUT2D eigenvalue weighted by Crippen LogP contribution is 2.42. The molecule has 5 nitrogen and oxygen atoms in total. The van der Waals surface area contributed by atoms with Crippen molar-refractivity contribution in [3.05, 3.63) is 0 Å². The first-order chi connectivity index (χ1) is 10.1. The molecule has 0 aromatic rings. The van der Waals surface area contributed by atoms with E-state index in [1.165, 1.54) is 0 Å². The molecule has 2 fully saturated rings. The van der Waals surface area contributed by atoms with E-state index in [0.29, 0.717) is 5.92 Å². The number of carbonyl (C=O) groups is 2. The Hall–Kier alpha value is -1.10. The summed E-state index contributed by atoms with van der Waals surface area (Å²) in [6, 6.07) is -0.452. The highest BCUT2D eigenvalue weighted by Gasteiger charge is 2.48. The first-order valence-corrected chi connectivity index (χ1v) is 8.33. The van der Waals surface area contributed by atoms with Crippen LogP contribution in [0.1, 0.15) is 46.0 Å². The molecule has 3 atom stereocenters. The fourth-order valence-electron chi connectivity index (χ4n) is 4.07. The van der Waals surface area contributed by atoms with Gasteiger partial charge in [-0.2, -0.15) is 0 Å². The average molecular weight is 296 g/mol. The number of rotatable bonds is 7. The minimum absolute atomic E-state index is 0.0879. The van der Waals surface area contributed by atoms with Gasteiger partial charge in [-0.1, -0.05) is 20.3 Å². The standard InChI is InChI=1S/C16H28N2O3/c1-3-8-17(9-4-2)14(19)11-18-10-12-6-5-7-13(12)15(18)16(20)21/h12-13,15H,3-11H2,1-2H3,(H,20,21). The van der Waals surface area contributed by atoms with E-state index >= 15 is 0 Å². The SMILES string of the molecule is CCCN(CCC)C(=O)CN1CC2CCCC2C1C(=O)O. The van der Waals surface area contributed by atoms with E-state index in [2.05, 4.69) is 13.8 Å². The van der Waals surface area contributed by atoms with Crippen molar-refractivity contribution in [3.8, 4) is 0 Å². The minimum Gasteiger partial charge on any atom is -0.480 e. The second-order valence-electron chi connectivity index (χ2n) is 6.45. The Balaban J connectivity index is 2.00. The summed E-state index contributed by atoms with van der Waals surface area (Å²) in [5.41, 5.74) is 0. The zero-order valence-corrected chi connectivity index (χ0v) is 13.3. The van der Waals surface area contributed by atoms with Gasteiger partial charge >= 0.3 is 5.97 Å². The van der Waals surface area contributed by atoms with Crippen LogP contribution in [-0.2, 0) is 9.59 Å². The fraction of sp³-hybridized carbons (Fsp3) is 0.875. The molecule has 0 bridgehead atoms. The molecule has 5 heteroatoms. The lowest BCUT2D eigenvalue weighted by Gasteiger charge is -2.28. The molecule has 1 saturated carbocycles. The Morgan fingerprint density at radius 1 is 1.19 bits per heavy atom. The van der Waals surface area contributed by atoms with Crippen LogP contribution in [0.15, 0.2) is 0 Å². The second kappa shape index (κ2) is 7.25. The first-order valence-electron chi connectivity index (χ1n) is 8.33. The van der Waals surface area contributed by atoms with E-state index in [1.807, 2.05) is 9.80 Å². The maximum atomic E-state index is 12.5. The molecule has 1 aliphatic heterocycles. The molecule has 1 saturated heterocycles. The molecule has 21 heavy (non-hydrogen) atoms. The summed E-state index contributed by atoms with van der Waals surface area (Å²) in [5.74, 6) is 0.0606. The number of nitrogens with zero attached hydrogens (tertiary/aromatic N) is 2. The Kier molecular flexibility index (Phi) is 5.62. The fourth-order valence-corrected chi connectivity index (χ4v) is 4.07. The van der Waals surface area contributed by atoms with E-state index in [4.69, 9.17) is 0 Å². The first kappa shape index (κ1) is 16.3. The number of likely N-dealkylation sites (tertiary alicyclic amines) is 1. The molecule has 3 unspecified atom stereocenters. The highest BCUT2D eigenvalue weighted by atomic mass is 16.4. The molecule has 1 heterocycles. The van der Waals surface area contributed by atoms with Crippen LogP contribution in [0.2, 0.25) is 0 Å². The quantitative estimate of drug-likeness (QED) is 0.778. The van der Waals surface area contributed by atoms with E-state index in [-0.39, 0.29) is 18.4 Å². The van der Waals surface area contributed by atoms with Crippen LogP contribution < -0.4 is 0 Å². The van der Waals surface area contributed by atoms with Gasteiger partial charge in [-0.3, -0.25) is 14.5 Å². The molecular weight excluding hydrogens is 268 g/mol. The Bertz CT molecular complexity index is 380. The van der Waals surface area contributed by atoms with Crippen molar-refractivity contribution in [1.29, 1.82) is 0 Å². The summed E-state index contributed by atoms with van der Waals surface area (Å²) in [6.07, 6.45) is 5.14. The zero-order valence-electron chi connectivity index (χ0n) is 13.3. The van der Waals surface area contributed by atoms with Gasteiger partial charge in [-0.15, -0.1) is 0 Å². The van der Waals surface area contributed by atoms with Gasteiger partial charge < -0.3 is 10.0 Å². The normalized spacial score (nSPS) is 28.6. The van der Waals surface area contributed by atoms with E-state index in [1.54, 1.807) is 0 Å². The Labute approximate surface area is 127 Å². The third-order valence-electron chi connectivity index (χ3n) is 4.92. The van der Waals surface area contributed by atoms with Crippen LogP contribution in [0.5, 0.6) is 0 Å². The number of amides is 1. The molecule has 120 valence electrons. The third kappa shape index (κ3) is 3.57. The molecule has 2 rings (SSSR count). The minimum atomic E-state index is -0.755. The van der Waals surface area contributed by atoms with Crippen molar-refractivity contribution in [2.45, 2.75) is 52.0 Å². The Morgan fingerprint density at radius 3 is 2.43 bits per heavy atom. The molecule has 0 radical (unpaired) electrons. The molecule has 0 aromatic carbocycles. The van der Waals surface area contributed by atoms with Gasteiger partial charge in [-0.05, 0) is 37.5 Å². The van der Waals surface area contributed by atoms with Gasteiger partial charge in [0, 0.05) is 19.6 Å². The summed E-state index contributed by atoms with van der Waals surface area (Å²) in [7, 11) is 0. The molecule has 0 aromatic heterocycles. The monoisotopic (exact) mass is 296 g/mol. The van der Waals surface area contributed by atoms with Gasteiger partial charge in [-0.25, -0.2) is 0 Å². The van der Waals surface area contributed by atoms with Crippen LogP contribution in [-0.4, -0.2) is 59.0 Å². The largest absolute Gasteiger partial charge is 0.480 e. The molecule has 1 amide bonds. The summed E-state index contributed by atoms with van der Waals surface area (Å²) >= 11 is 0. The lowest BCUT2D eigenvalue weighted by molar-refractivity contribution is -0.144. The number of hydrogen-bond acceptors (Lipinski definition) is 3. The molecule has 2 aliphatic rings. The van der Waals surface area contributed by atoms with Crippen LogP contribution in [0.25, 0.3) is 0 Å². The summed E-state index contributed by atoms with van der Waals surface area (Å²) in [4.78, 5) is 27.8. The van der Waals surface area contributed by atoms with Gasteiger partial charge in [0.1, 0.15) is 6.04 Å². The van der Waals surface area contributed by atoms with Crippen molar-refractivity contribution in [2.24, 2.45) is 11.8 Å². The van der Waals surface area contributed by atoms with Gasteiger partial charge in [0.05, 0.1) is 6.54 Å². The predicted molar refractivity (Wildman–Crippen MR) is 81.0 cm³/mol. The van der Waals surface area contributed by atoms with E-state index < -0.39 is 12.0 Å². The van der Waals surface area contributed by atoms with Gasteiger partial charge in [0.15, 0.2) is 0 Å². The van der Waals surface area contributed by atoms with Crippen molar-refractivity contribution in [2.75, 3.05) is 26.2 Å². The number of aliphatic carboxylic acids is 1. The Morgan fingerprint density at radius 2 is 1.86 bits per heavy atom. The summed E-state index contributed by atoms with van der Waals surface area (Å²) < 4.78 is 0. The number of hydrogen-bond donors (Lipinski definition) is 1. The lowest BCUT2D eigenvalue weighted by atomic mass is 9.94. The van der Waals surface area contributed by atoms with Crippen molar-refractivity contribution >= 4 is 11.9 Å². The summed E-state index contributed by atoms with van der Waals surface area (Å²) in [6.45, 7) is 6.71. The lowest BCUT2D eigenvalue weighted by Crippen LogP contribution is -2.46. The maximum Gasteiger partial charge on any atom is 0.321 e. The topological polar surface area (TPSA) is 60.9 Å². The number of carboxylic acid groups (broad SMARTS) is 1. The van der Waals surface area contributed by atoms with Gasteiger partial charge in [0.25, 0.3) is 0 Å². The second-order valence-corrected chi connectivity index (χ2v) is 6.45. The van der Waals surface area contributed by atoms with Crippen LogP contribution in [0, 0.1) is 11.8 Å². The molecule has 1 N–H and O–H groups in total. The highest BCUT2D eigenvalue weighted by molar-refractivity contribution is 5.80. The molecule has 0 spiro atoms. The smallest absolute Gasteiger partial charge is 0.321 e. The maximum absolute atomic E-state index is 12.5. The summed E-state index contributed by atoms with van der Waals surface area (Å²) in [5, 5.41) is 9.52. The van der Waals surface area contributed by atoms with Gasteiger partial charge in [0.2, 0.25) is 5.91 Å². The predicted octanol–water partition coefficient (Wildman–Crippen LogP) is 1.82.